The van der Waals surface area contributed by atoms with Crippen molar-refractivity contribution in [2.24, 2.45) is 23.7 Å². The fourth-order valence-electron chi connectivity index (χ4n) is 8.41. The summed E-state index contributed by atoms with van der Waals surface area (Å²) in [4.78, 5) is 16.0. The second-order valence-electron chi connectivity index (χ2n) is 14.4. The van der Waals surface area contributed by atoms with Crippen LogP contribution in [0, 0.1) is 23.7 Å². The zero-order valence-electron chi connectivity index (χ0n) is 26.7. The molecule has 0 radical (unpaired) electrons. The number of halogens is 1. The summed E-state index contributed by atoms with van der Waals surface area (Å²) in [5.74, 6) is 5.30. The number of hydrogen-bond acceptors (Lipinski definition) is 6. The number of anilines is 1. The third-order valence-electron chi connectivity index (χ3n) is 11.3. The van der Waals surface area contributed by atoms with Crippen LogP contribution >= 0.6 is 11.6 Å². The average Bonchev–Trinajstić information content (AvgIpc) is 3.10. The molecule has 2 heterocycles. The molecule has 7 atom stereocenters. The number of amides is 1. The van der Waals surface area contributed by atoms with Gasteiger partial charge in [0.15, 0.2) is 0 Å². The smallest absolute Gasteiger partial charge is 0.262 e. The van der Waals surface area contributed by atoms with Gasteiger partial charge in [-0.25, -0.2) is 12.6 Å². The van der Waals surface area contributed by atoms with Gasteiger partial charge >= 0.3 is 0 Å². The number of sulfone groups is 1. The molecule has 4 aliphatic rings. The Morgan fingerprint density at radius 1 is 1.11 bits per heavy atom. The largest absolute Gasteiger partial charge is 0.490 e. The number of rotatable bonds is 2. The van der Waals surface area contributed by atoms with Crippen LogP contribution in [0.2, 0.25) is 5.02 Å². The minimum atomic E-state index is -3.16. The van der Waals surface area contributed by atoms with Gasteiger partial charge in [-0.1, -0.05) is 31.0 Å². The highest BCUT2D eigenvalue weighted by Crippen LogP contribution is 2.48. The second kappa shape index (κ2) is 12.4. The van der Waals surface area contributed by atoms with Crippen molar-refractivity contribution in [3.8, 4) is 5.75 Å². The van der Waals surface area contributed by atoms with Gasteiger partial charge in [0.2, 0.25) is 0 Å². The Bertz CT molecular complexity index is 1680. The summed E-state index contributed by atoms with van der Waals surface area (Å²) in [5.41, 5.74) is 3.57. The molecule has 10 heteroatoms. The van der Waals surface area contributed by atoms with E-state index in [0.29, 0.717) is 24.0 Å². The van der Waals surface area contributed by atoms with Crippen molar-refractivity contribution < 1.29 is 22.2 Å². The molecular formula is C35H47ClN2O5S2. The van der Waals surface area contributed by atoms with Crippen molar-refractivity contribution in [1.29, 1.82) is 0 Å². The Balaban J connectivity index is 1.43. The summed E-state index contributed by atoms with van der Waals surface area (Å²) in [5, 5.41) is 0.406. The van der Waals surface area contributed by atoms with Crippen molar-refractivity contribution in [1.82, 2.24) is 4.72 Å². The predicted molar refractivity (Wildman–Crippen MR) is 185 cm³/mol. The molecule has 2 aromatic rings. The lowest BCUT2D eigenvalue weighted by atomic mass is 9.65. The second-order valence-corrected chi connectivity index (χ2v) is 19.4. The van der Waals surface area contributed by atoms with Crippen LogP contribution in [0.5, 0.6) is 5.75 Å². The Hall–Kier alpha value is -2.23. The topological polar surface area (TPSA) is 92.8 Å². The highest BCUT2D eigenvalue weighted by molar-refractivity contribution is 7.99. The molecule has 7 nitrogen and oxygen atoms in total. The van der Waals surface area contributed by atoms with E-state index in [-0.39, 0.29) is 28.3 Å². The first-order valence-electron chi connectivity index (χ1n) is 16.4. The highest BCUT2D eigenvalue weighted by atomic mass is 35.5. The summed E-state index contributed by atoms with van der Waals surface area (Å²) in [7, 11) is -6.09. The number of nitrogens with one attached hydrogen (secondary N) is 1. The number of benzene rings is 2. The van der Waals surface area contributed by atoms with E-state index in [4.69, 9.17) is 16.3 Å². The number of aryl methyl sites for hydroxylation is 1. The van der Waals surface area contributed by atoms with Crippen LogP contribution in [-0.2, 0) is 31.4 Å². The van der Waals surface area contributed by atoms with Crippen molar-refractivity contribution in [3.05, 3.63) is 58.1 Å². The van der Waals surface area contributed by atoms with E-state index in [0.717, 1.165) is 80.9 Å². The summed E-state index contributed by atoms with van der Waals surface area (Å²) < 4.78 is 48.4. The molecule has 0 saturated heterocycles. The zero-order valence-corrected chi connectivity index (χ0v) is 29.1. The van der Waals surface area contributed by atoms with E-state index >= 15 is 0 Å². The molecule has 45 heavy (non-hydrogen) atoms. The number of nitrogens with zero attached hydrogens (tertiary/aromatic N) is 1. The lowest BCUT2D eigenvalue weighted by Crippen LogP contribution is -2.49. The van der Waals surface area contributed by atoms with Crippen LogP contribution in [-0.4, -0.2) is 61.4 Å². The van der Waals surface area contributed by atoms with E-state index < -0.39 is 25.5 Å². The fraction of sp³-hybridized carbons (Fsp3) is 0.600. The number of ether oxygens (including phenoxy) is 1. The first-order valence-corrected chi connectivity index (χ1v) is 20.6. The molecule has 2 aromatic carbocycles. The number of carbonyl (C=O) groups is 1. The molecule has 1 N–H and O–H groups in total. The Kier molecular flexibility index (Phi) is 9.02. The molecule has 1 fully saturated rings. The number of carbonyl (C=O) groups excluding carboxylic acids is 1. The summed E-state index contributed by atoms with van der Waals surface area (Å²) in [6, 6.07) is 11.7. The SMILES string of the molecule is C=S1(=O)NC(=O)c2ccc3c(c2)N(C[C@@H]2CC[C@H]2[C@H](CS(C)(=O)=O)CCC[C@H](C)[C@H]1C)C[C@@]1(CCCc2cc(Cl)ccc21)CO3. The van der Waals surface area contributed by atoms with Gasteiger partial charge in [-0.2, -0.15) is 0 Å². The van der Waals surface area contributed by atoms with Crippen molar-refractivity contribution in [3.63, 3.8) is 0 Å². The molecule has 1 saturated carbocycles. The minimum Gasteiger partial charge on any atom is -0.490 e. The quantitative estimate of drug-likeness (QED) is 0.389. The van der Waals surface area contributed by atoms with Gasteiger partial charge < -0.3 is 9.64 Å². The Morgan fingerprint density at radius 2 is 1.91 bits per heavy atom. The van der Waals surface area contributed by atoms with Crippen LogP contribution in [0.3, 0.4) is 0 Å². The van der Waals surface area contributed by atoms with Crippen molar-refractivity contribution >= 4 is 48.6 Å². The van der Waals surface area contributed by atoms with Gasteiger partial charge in [0.25, 0.3) is 5.91 Å². The van der Waals surface area contributed by atoms with E-state index in [1.165, 1.54) is 17.4 Å². The van der Waals surface area contributed by atoms with Gasteiger partial charge in [0.1, 0.15) is 15.6 Å². The standard InChI is InChI=1S/C35H47ClN2O5S2/c1-23-7-5-8-28(20-44(3,40)41)30-13-10-27(30)19-38-21-35(16-6-9-25-17-29(36)12-14-31(25)35)22-43-33-15-11-26(18-32(33)38)34(39)37-45(4,42)24(23)2/h11-12,14-15,17-18,23-24,27-28,30H,4-10,13,16,19-22H2,1-3H3,(H,37,39,42)/t23-,24+,27-,28-,30+,35-,45?/m0/s1. The van der Waals surface area contributed by atoms with Crippen LogP contribution in [0.25, 0.3) is 0 Å². The Labute approximate surface area is 274 Å². The summed E-state index contributed by atoms with van der Waals surface area (Å²) in [6.07, 6.45) is 8.88. The molecule has 246 valence electrons. The van der Waals surface area contributed by atoms with Gasteiger partial charge in [-0.05, 0) is 123 Å². The summed E-state index contributed by atoms with van der Waals surface area (Å²) in [6.45, 7) is 5.94. The molecular weight excluding hydrogens is 628 g/mol. The normalized spacial score (nSPS) is 34.0. The van der Waals surface area contributed by atoms with Gasteiger partial charge in [-0.15, -0.1) is 0 Å². The van der Waals surface area contributed by atoms with Gasteiger partial charge in [0, 0.05) is 40.6 Å². The van der Waals surface area contributed by atoms with E-state index in [1.54, 1.807) is 6.07 Å². The molecule has 1 unspecified atom stereocenters. The third kappa shape index (κ3) is 6.77. The first kappa shape index (κ1) is 32.7. The van der Waals surface area contributed by atoms with Gasteiger partial charge in [0.05, 0.1) is 27.8 Å². The van der Waals surface area contributed by atoms with Crippen LogP contribution in [0.15, 0.2) is 36.4 Å². The van der Waals surface area contributed by atoms with Crippen LogP contribution in [0.4, 0.5) is 5.69 Å². The van der Waals surface area contributed by atoms with E-state index in [1.807, 2.05) is 32.0 Å². The van der Waals surface area contributed by atoms with E-state index in [9.17, 15) is 17.4 Å². The van der Waals surface area contributed by atoms with Crippen molar-refractivity contribution in [2.45, 2.75) is 75.9 Å². The molecule has 1 spiro atoms. The number of hydrogen-bond donors (Lipinski definition) is 1. The maximum atomic E-state index is 13.8. The first-order chi connectivity index (χ1) is 21.2. The lowest BCUT2D eigenvalue weighted by Gasteiger charge is -2.47. The summed E-state index contributed by atoms with van der Waals surface area (Å²) >= 11 is 6.43. The highest BCUT2D eigenvalue weighted by Gasteiger charge is 2.45. The minimum absolute atomic E-state index is 0.0552. The monoisotopic (exact) mass is 674 g/mol. The van der Waals surface area contributed by atoms with Gasteiger partial charge in [-0.3, -0.25) is 9.52 Å². The lowest BCUT2D eigenvalue weighted by molar-refractivity contribution is 0.0982. The van der Waals surface area contributed by atoms with E-state index in [2.05, 4.69) is 27.6 Å². The average molecular weight is 675 g/mol. The van der Waals surface area contributed by atoms with Crippen LogP contribution < -0.4 is 14.4 Å². The zero-order chi connectivity index (χ0) is 32.1. The predicted octanol–water partition coefficient (Wildman–Crippen LogP) is 6.07. The maximum Gasteiger partial charge on any atom is 0.262 e. The molecule has 1 amide bonds. The van der Waals surface area contributed by atoms with Crippen LogP contribution in [0.1, 0.15) is 80.3 Å². The Morgan fingerprint density at radius 3 is 2.64 bits per heavy atom. The maximum absolute atomic E-state index is 13.8. The molecule has 2 bridgehead atoms. The molecule has 6 rings (SSSR count). The third-order valence-corrected chi connectivity index (χ3v) is 14.7. The molecule has 2 aliphatic carbocycles. The molecule has 0 aromatic heterocycles. The fourth-order valence-corrected chi connectivity index (χ4v) is 11.3. The number of fused-ring (bicyclic) bond motifs is 4. The van der Waals surface area contributed by atoms with Crippen molar-refractivity contribution in [2.75, 3.05) is 36.6 Å². The molecule has 2 aliphatic heterocycles.